The molecule has 0 spiro atoms. The first-order chi connectivity index (χ1) is 11.1. The normalized spacial score (nSPS) is 11.2. The molecule has 2 heterocycles. The lowest BCUT2D eigenvalue weighted by Crippen LogP contribution is -2.35. The minimum absolute atomic E-state index is 0.185. The summed E-state index contributed by atoms with van der Waals surface area (Å²) in [7, 11) is 1.52. The summed E-state index contributed by atoms with van der Waals surface area (Å²) < 4.78 is 5.29. The molecule has 0 saturated carbocycles. The van der Waals surface area contributed by atoms with Crippen LogP contribution in [0.25, 0.3) is 10.6 Å². The molecule has 2 aromatic heterocycles. The van der Waals surface area contributed by atoms with E-state index in [-0.39, 0.29) is 10.8 Å². The molecule has 0 atom stereocenters. The number of carbonyl (C=O) groups is 2. The van der Waals surface area contributed by atoms with E-state index < -0.39 is 17.7 Å². The van der Waals surface area contributed by atoms with Gasteiger partial charge in [-0.05, 0) is 45.4 Å². The Bertz CT molecular complexity index is 780. The Kier molecular flexibility index (Phi) is 4.88. The lowest BCUT2D eigenvalue weighted by molar-refractivity contribution is 0.0586. The molecule has 0 radical (unpaired) electrons. The van der Waals surface area contributed by atoms with Crippen molar-refractivity contribution in [3.05, 3.63) is 28.8 Å². The van der Waals surface area contributed by atoms with Gasteiger partial charge in [0.1, 0.15) is 10.5 Å². The van der Waals surface area contributed by atoms with Crippen molar-refractivity contribution in [1.29, 1.82) is 0 Å². The van der Waals surface area contributed by atoms with Crippen LogP contribution in [0.3, 0.4) is 0 Å². The molecule has 0 unspecified atom stereocenters. The lowest BCUT2D eigenvalue weighted by Gasteiger charge is -2.23. The summed E-state index contributed by atoms with van der Waals surface area (Å²) in [5.74, 6) is -0.784. The molecular weight excluding hydrogens is 330 g/mol. The Hall–Kier alpha value is -2.48. The number of carbonyl (C=O) groups excluding carboxylic acids is 1. The van der Waals surface area contributed by atoms with Crippen molar-refractivity contribution in [2.24, 2.45) is 0 Å². The topological polar surface area (TPSA) is 92.6 Å². The van der Waals surface area contributed by atoms with Gasteiger partial charge in [0.05, 0.1) is 10.6 Å². The third-order valence-electron chi connectivity index (χ3n) is 2.97. The van der Waals surface area contributed by atoms with Gasteiger partial charge in [-0.25, -0.2) is 24.5 Å². The number of rotatable bonds is 3. The average Bonchev–Trinajstić information content (AvgIpc) is 2.87. The molecular formula is C16H19N3O4S. The minimum Gasteiger partial charge on any atom is -0.477 e. The second-order valence-electron chi connectivity index (χ2n) is 6.21. The molecule has 0 saturated heterocycles. The number of amides is 1. The molecule has 128 valence electrons. The van der Waals surface area contributed by atoms with Crippen LogP contribution in [0.15, 0.2) is 18.3 Å². The monoisotopic (exact) mass is 349 g/mol. The quantitative estimate of drug-likeness (QED) is 0.910. The number of anilines is 1. The van der Waals surface area contributed by atoms with E-state index in [1.807, 2.05) is 0 Å². The van der Waals surface area contributed by atoms with Crippen LogP contribution in [0.2, 0.25) is 0 Å². The molecule has 8 heteroatoms. The lowest BCUT2D eigenvalue weighted by atomic mass is 10.2. The molecule has 2 rings (SSSR count). The zero-order valence-electron chi connectivity index (χ0n) is 14.2. The van der Waals surface area contributed by atoms with Crippen molar-refractivity contribution in [2.45, 2.75) is 33.3 Å². The fourth-order valence-corrected chi connectivity index (χ4v) is 2.86. The summed E-state index contributed by atoms with van der Waals surface area (Å²) >= 11 is 1.14. The highest BCUT2D eigenvalue weighted by Gasteiger charge is 2.22. The molecule has 0 aliphatic carbocycles. The number of aromatic nitrogens is 2. The van der Waals surface area contributed by atoms with E-state index in [4.69, 9.17) is 9.84 Å². The fourth-order valence-electron chi connectivity index (χ4n) is 1.88. The maximum absolute atomic E-state index is 12.1. The number of thiophene rings is 1. The molecule has 1 amide bonds. The van der Waals surface area contributed by atoms with Gasteiger partial charge in [-0.15, -0.1) is 11.3 Å². The second-order valence-corrected chi connectivity index (χ2v) is 7.26. The maximum Gasteiger partial charge on any atom is 0.416 e. The predicted octanol–water partition coefficient (Wildman–Crippen LogP) is 3.58. The Balaban J connectivity index is 2.30. The number of nitrogens with zero attached hydrogens (tertiary/aromatic N) is 3. The number of hydrogen-bond donors (Lipinski definition) is 1. The minimum atomic E-state index is -0.969. The Labute approximate surface area is 143 Å². The zero-order valence-corrected chi connectivity index (χ0v) is 15.0. The van der Waals surface area contributed by atoms with E-state index in [1.54, 1.807) is 39.8 Å². The third-order valence-corrected chi connectivity index (χ3v) is 4.22. The molecule has 24 heavy (non-hydrogen) atoms. The molecule has 0 aromatic carbocycles. The van der Waals surface area contributed by atoms with Crippen molar-refractivity contribution in [2.75, 3.05) is 11.9 Å². The zero-order chi connectivity index (χ0) is 18.1. The maximum atomic E-state index is 12.1. The van der Waals surface area contributed by atoms with E-state index in [0.717, 1.165) is 11.3 Å². The number of hydrogen-bond acceptors (Lipinski definition) is 6. The number of aromatic carboxylic acids is 1. The van der Waals surface area contributed by atoms with Crippen LogP contribution in [0.4, 0.5) is 10.7 Å². The standard InChI is InChI=1S/C16H19N3O4S/c1-9-8-11(24-12(9)13(20)21)10-6-7-17-14(18-10)19(5)15(22)23-16(2,3)4/h6-8H,1-5H3,(H,20,21). The van der Waals surface area contributed by atoms with E-state index >= 15 is 0 Å². The van der Waals surface area contributed by atoms with Gasteiger partial charge in [-0.3, -0.25) is 0 Å². The molecule has 7 nitrogen and oxygen atoms in total. The van der Waals surface area contributed by atoms with Crippen LogP contribution in [-0.4, -0.2) is 39.8 Å². The molecule has 1 N–H and O–H groups in total. The summed E-state index contributed by atoms with van der Waals surface area (Å²) in [6.45, 7) is 7.06. The van der Waals surface area contributed by atoms with E-state index in [2.05, 4.69) is 9.97 Å². The average molecular weight is 349 g/mol. The highest BCUT2D eigenvalue weighted by Crippen LogP contribution is 2.30. The second kappa shape index (κ2) is 6.56. The van der Waals surface area contributed by atoms with Crippen molar-refractivity contribution in [1.82, 2.24) is 9.97 Å². The molecule has 0 aliphatic heterocycles. The summed E-state index contributed by atoms with van der Waals surface area (Å²) in [5.41, 5.74) is 0.601. The smallest absolute Gasteiger partial charge is 0.416 e. The van der Waals surface area contributed by atoms with Crippen LogP contribution >= 0.6 is 11.3 Å². The fraction of sp³-hybridized carbons (Fsp3) is 0.375. The van der Waals surface area contributed by atoms with Crippen LogP contribution in [0.1, 0.15) is 36.0 Å². The van der Waals surface area contributed by atoms with Crippen molar-refractivity contribution in [3.63, 3.8) is 0 Å². The Morgan fingerprint density at radius 3 is 2.54 bits per heavy atom. The first-order valence-corrected chi connectivity index (χ1v) is 8.04. The van der Waals surface area contributed by atoms with Crippen LogP contribution in [0, 0.1) is 6.92 Å². The van der Waals surface area contributed by atoms with Crippen LogP contribution in [-0.2, 0) is 4.74 Å². The largest absolute Gasteiger partial charge is 0.477 e. The highest BCUT2D eigenvalue weighted by molar-refractivity contribution is 7.17. The van der Waals surface area contributed by atoms with Gasteiger partial charge in [0.25, 0.3) is 0 Å². The van der Waals surface area contributed by atoms with Gasteiger partial charge >= 0.3 is 12.1 Å². The van der Waals surface area contributed by atoms with Gasteiger partial charge in [-0.2, -0.15) is 0 Å². The number of carboxylic acid groups (broad SMARTS) is 1. The summed E-state index contributed by atoms with van der Waals surface area (Å²) in [5, 5.41) is 9.16. The summed E-state index contributed by atoms with van der Waals surface area (Å²) in [6, 6.07) is 3.43. The van der Waals surface area contributed by atoms with Gasteiger partial charge in [0.15, 0.2) is 0 Å². The predicted molar refractivity (Wildman–Crippen MR) is 91.7 cm³/mol. The Morgan fingerprint density at radius 1 is 1.33 bits per heavy atom. The number of ether oxygens (including phenoxy) is 1. The Morgan fingerprint density at radius 2 is 2.00 bits per heavy atom. The molecule has 0 fully saturated rings. The molecule has 0 bridgehead atoms. The molecule has 0 aliphatic rings. The van der Waals surface area contributed by atoms with Crippen molar-refractivity contribution >= 4 is 29.3 Å². The number of aryl methyl sites for hydroxylation is 1. The highest BCUT2D eigenvalue weighted by atomic mass is 32.1. The van der Waals surface area contributed by atoms with Gasteiger partial charge in [-0.1, -0.05) is 0 Å². The molecule has 2 aromatic rings. The van der Waals surface area contributed by atoms with Gasteiger partial charge < -0.3 is 9.84 Å². The van der Waals surface area contributed by atoms with Gasteiger partial charge in [0, 0.05) is 13.2 Å². The van der Waals surface area contributed by atoms with Crippen molar-refractivity contribution < 1.29 is 19.4 Å². The summed E-state index contributed by atoms with van der Waals surface area (Å²) in [4.78, 5) is 33.9. The van der Waals surface area contributed by atoms with E-state index in [9.17, 15) is 9.59 Å². The van der Waals surface area contributed by atoms with E-state index in [0.29, 0.717) is 16.1 Å². The van der Waals surface area contributed by atoms with Crippen LogP contribution in [0.5, 0.6) is 0 Å². The first kappa shape index (κ1) is 17.9. The SMILES string of the molecule is Cc1cc(-c2ccnc(N(C)C(=O)OC(C)(C)C)n2)sc1C(=O)O. The third kappa shape index (κ3) is 4.08. The summed E-state index contributed by atoms with van der Waals surface area (Å²) in [6.07, 6.45) is 0.960. The van der Waals surface area contributed by atoms with Crippen molar-refractivity contribution in [3.8, 4) is 10.6 Å². The van der Waals surface area contributed by atoms with E-state index in [1.165, 1.54) is 18.1 Å². The van der Waals surface area contributed by atoms with Gasteiger partial charge in [0.2, 0.25) is 5.95 Å². The first-order valence-electron chi connectivity index (χ1n) is 7.22. The van der Waals surface area contributed by atoms with Crippen LogP contribution < -0.4 is 4.90 Å². The number of carboxylic acids is 1.